The van der Waals surface area contributed by atoms with Gasteiger partial charge in [-0.15, -0.1) is 0 Å². The number of allylic oxidation sites excluding steroid dienone is 1. The maximum atomic E-state index is 12.5. The third-order valence-corrected chi connectivity index (χ3v) is 4.85. The number of carbonyl (C=O) groups is 2. The molecule has 0 aliphatic rings. The van der Waals surface area contributed by atoms with Crippen LogP contribution in [0, 0.1) is 13.8 Å². The van der Waals surface area contributed by atoms with E-state index in [2.05, 4.69) is 0 Å². The zero-order chi connectivity index (χ0) is 19.1. The van der Waals surface area contributed by atoms with Gasteiger partial charge in [0, 0.05) is 22.6 Å². The fraction of sp³-hybridized carbons (Fsp3) is 0.238. The smallest absolute Gasteiger partial charge is 0.185 e. The fourth-order valence-electron chi connectivity index (χ4n) is 2.49. The summed E-state index contributed by atoms with van der Waals surface area (Å²) in [6, 6.07) is 11.3. The molecule has 5 heteroatoms. The van der Waals surface area contributed by atoms with Gasteiger partial charge in [-0.3, -0.25) is 4.79 Å². The van der Waals surface area contributed by atoms with Crippen molar-refractivity contribution in [1.82, 2.24) is 0 Å². The Balaban J connectivity index is 2.18. The molecule has 0 saturated carbocycles. The number of aliphatic carboxylic acids is 1. The van der Waals surface area contributed by atoms with Crippen LogP contribution in [0.25, 0.3) is 6.08 Å². The Bertz CT molecular complexity index is 840. The largest absolute Gasteiger partial charge is 0.549 e. The van der Waals surface area contributed by atoms with Crippen LogP contribution in [-0.4, -0.2) is 24.6 Å². The number of hydrogen-bond donors (Lipinski definition) is 0. The lowest BCUT2D eigenvalue weighted by Crippen LogP contribution is -2.24. The first kappa shape index (κ1) is 19.8. The van der Waals surface area contributed by atoms with Gasteiger partial charge in [0.1, 0.15) is 5.75 Å². The summed E-state index contributed by atoms with van der Waals surface area (Å²) in [7, 11) is 1.55. The minimum Gasteiger partial charge on any atom is -0.549 e. The summed E-state index contributed by atoms with van der Waals surface area (Å²) in [5, 5.41) is 10.6. The van der Waals surface area contributed by atoms with E-state index in [9.17, 15) is 14.7 Å². The van der Waals surface area contributed by atoms with Crippen LogP contribution in [0.5, 0.6) is 5.75 Å². The zero-order valence-electron chi connectivity index (χ0n) is 15.1. The second kappa shape index (κ2) is 9.25. The van der Waals surface area contributed by atoms with E-state index in [0.29, 0.717) is 17.1 Å². The molecule has 2 aromatic rings. The molecule has 0 amide bonds. The number of ether oxygens (including phenoxy) is 1. The Labute approximate surface area is 157 Å². The molecule has 0 unspecified atom stereocenters. The van der Waals surface area contributed by atoms with E-state index in [1.165, 1.54) is 11.8 Å². The minimum atomic E-state index is -1.11. The molecule has 0 aliphatic heterocycles. The van der Waals surface area contributed by atoms with Gasteiger partial charge in [0.25, 0.3) is 0 Å². The molecule has 0 heterocycles. The van der Waals surface area contributed by atoms with Crippen molar-refractivity contribution in [2.45, 2.75) is 19.6 Å². The Morgan fingerprint density at radius 2 is 1.92 bits per heavy atom. The molecule has 2 aromatic carbocycles. The van der Waals surface area contributed by atoms with Crippen molar-refractivity contribution in [1.29, 1.82) is 0 Å². The van der Waals surface area contributed by atoms with Crippen molar-refractivity contribution >= 4 is 29.6 Å². The Morgan fingerprint density at radius 1 is 1.15 bits per heavy atom. The number of carboxylic acids is 1. The van der Waals surface area contributed by atoms with Gasteiger partial charge in [0.05, 0.1) is 13.1 Å². The number of hydrogen-bond acceptors (Lipinski definition) is 5. The van der Waals surface area contributed by atoms with Crippen LogP contribution in [0.3, 0.4) is 0 Å². The van der Waals surface area contributed by atoms with Crippen molar-refractivity contribution in [2.24, 2.45) is 0 Å². The highest BCUT2D eigenvalue weighted by Gasteiger charge is 2.09. The number of rotatable bonds is 8. The van der Waals surface area contributed by atoms with Crippen LogP contribution in [0.1, 0.15) is 32.6 Å². The number of carboxylic acid groups (broad SMARTS) is 1. The van der Waals surface area contributed by atoms with Crippen molar-refractivity contribution < 1.29 is 19.4 Å². The predicted octanol–water partition coefficient (Wildman–Crippen LogP) is 3.19. The molecule has 0 atom stereocenters. The molecule has 0 radical (unpaired) electrons. The second-order valence-corrected chi connectivity index (χ2v) is 6.93. The van der Waals surface area contributed by atoms with E-state index in [1.807, 2.05) is 38.1 Å². The lowest BCUT2D eigenvalue weighted by molar-refractivity contribution is -0.301. The third-order valence-electron chi connectivity index (χ3n) is 3.89. The van der Waals surface area contributed by atoms with Crippen molar-refractivity contribution in [3.05, 3.63) is 70.3 Å². The normalized spacial score (nSPS) is 10.9. The lowest BCUT2D eigenvalue weighted by Gasteiger charge is -2.10. The molecule has 26 heavy (non-hydrogen) atoms. The van der Waals surface area contributed by atoms with Gasteiger partial charge in [-0.25, -0.2) is 0 Å². The molecular weight excluding hydrogens is 348 g/mol. The highest BCUT2D eigenvalue weighted by atomic mass is 32.2. The fourth-order valence-corrected chi connectivity index (χ4v) is 3.20. The molecule has 0 aliphatic carbocycles. The monoisotopic (exact) mass is 369 g/mol. The molecule has 0 spiro atoms. The van der Waals surface area contributed by atoms with Gasteiger partial charge < -0.3 is 14.6 Å². The maximum Gasteiger partial charge on any atom is 0.185 e. The predicted molar refractivity (Wildman–Crippen MR) is 103 cm³/mol. The molecule has 0 bridgehead atoms. The van der Waals surface area contributed by atoms with Crippen molar-refractivity contribution in [3.8, 4) is 5.75 Å². The van der Waals surface area contributed by atoms with Crippen LogP contribution < -0.4 is 9.84 Å². The quantitative estimate of drug-likeness (QED) is 0.528. The number of carbonyl (C=O) groups excluding carboxylic acids is 2. The van der Waals surface area contributed by atoms with E-state index in [1.54, 1.807) is 31.4 Å². The summed E-state index contributed by atoms with van der Waals surface area (Å²) in [6.45, 7) is 4.02. The topological polar surface area (TPSA) is 66.4 Å². The molecule has 136 valence electrons. The first-order valence-electron chi connectivity index (χ1n) is 8.15. The second-order valence-electron chi connectivity index (χ2n) is 5.95. The SMILES string of the molecule is COc1ccc(C(=O)/C=C/c2cc(C)ccc2C)cc1CSCC(=O)[O-]. The van der Waals surface area contributed by atoms with Gasteiger partial charge in [0.15, 0.2) is 5.78 Å². The van der Waals surface area contributed by atoms with Gasteiger partial charge in [-0.05, 0) is 49.2 Å². The van der Waals surface area contributed by atoms with E-state index in [0.717, 1.165) is 22.3 Å². The lowest BCUT2D eigenvalue weighted by atomic mass is 10.0. The highest BCUT2D eigenvalue weighted by molar-refractivity contribution is 7.99. The molecule has 0 aromatic heterocycles. The maximum absolute atomic E-state index is 12.5. The van der Waals surface area contributed by atoms with Gasteiger partial charge in [0.2, 0.25) is 0 Å². The molecular formula is C21H21O4S-. The van der Waals surface area contributed by atoms with E-state index in [4.69, 9.17) is 4.74 Å². The average molecular weight is 369 g/mol. The van der Waals surface area contributed by atoms with Crippen LogP contribution >= 0.6 is 11.8 Å². The first-order chi connectivity index (χ1) is 12.4. The van der Waals surface area contributed by atoms with Crippen molar-refractivity contribution in [3.63, 3.8) is 0 Å². The van der Waals surface area contributed by atoms with Crippen LogP contribution in [0.4, 0.5) is 0 Å². The van der Waals surface area contributed by atoms with Crippen molar-refractivity contribution in [2.75, 3.05) is 12.9 Å². The molecule has 4 nitrogen and oxygen atoms in total. The number of ketones is 1. The summed E-state index contributed by atoms with van der Waals surface area (Å²) in [4.78, 5) is 23.1. The van der Waals surface area contributed by atoms with Crippen LogP contribution in [0.15, 0.2) is 42.5 Å². The molecule has 0 saturated heterocycles. The summed E-state index contributed by atoms with van der Waals surface area (Å²) < 4.78 is 5.29. The standard InChI is InChI=1S/C21H22O4S/c1-14-4-5-15(2)16(10-14)6-8-19(22)17-7-9-20(25-3)18(11-17)12-26-13-21(23)24/h4-11H,12-13H2,1-3H3,(H,23,24)/p-1/b8-6+. The first-order valence-corrected chi connectivity index (χ1v) is 9.30. The summed E-state index contributed by atoms with van der Waals surface area (Å²) in [5.41, 5.74) is 4.57. The Kier molecular flexibility index (Phi) is 7.04. The van der Waals surface area contributed by atoms with Crippen LogP contribution in [-0.2, 0) is 10.5 Å². The minimum absolute atomic E-state index is 0.103. The summed E-state index contributed by atoms with van der Waals surface area (Å²) in [5.74, 6) is -0.268. The molecule has 0 N–H and O–H groups in total. The number of thioether (sulfide) groups is 1. The summed E-state index contributed by atoms with van der Waals surface area (Å²) >= 11 is 1.21. The summed E-state index contributed by atoms with van der Waals surface area (Å²) in [6.07, 6.45) is 3.38. The highest BCUT2D eigenvalue weighted by Crippen LogP contribution is 2.25. The zero-order valence-corrected chi connectivity index (χ0v) is 15.9. The van der Waals surface area contributed by atoms with E-state index >= 15 is 0 Å². The number of benzene rings is 2. The Morgan fingerprint density at radius 3 is 2.62 bits per heavy atom. The van der Waals surface area contributed by atoms with Gasteiger partial charge in [-0.2, -0.15) is 11.8 Å². The number of methoxy groups -OCH3 is 1. The molecule has 2 rings (SSSR count). The average Bonchev–Trinajstić information content (AvgIpc) is 2.61. The van der Waals surface area contributed by atoms with Gasteiger partial charge >= 0.3 is 0 Å². The van der Waals surface area contributed by atoms with Gasteiger partial charge in [-0.1, -0.05) is 29.8 Å². The Hall–Kier alpha value is -2.53. The van der Waals surface area contributed by atoms with Crippen LogP contribution in [0.2, 0.25) is 0 Å². The number of aryl methyl sites for hydroxylation is 2. The van der Waals surface area contributed by atoms with E-state index < -0.39 is 5.97 Å². The molecule has 0 fully saturated rings. The van der Waals surface area contributed by atoms with E-state index in [-0.39, 0.29) is 11.5 Å². The third kappa shape index (κ3) is 5.49.